The van der Waals surface area contributed by atoms with Crippen LogP contribution in [0.3, 0.4) is 0 Å². The highest BCUT2D eigenvalue weighted by atomic mass is 19.4. The fourth-order valence-corrected chi connectivity index (χ4v) is 4.11. The van der Waals surface area contributed by atoms with Crippen LogP contribution >= 0.6 is 0 Å². The number of ether oxygens (including phenoxy) is 1. The quantitative estimate of drug-likeness (QED) is 0.553. The molecule has 0 spiro atoms. The number of anilines is 3. The summed E-state index contributed by atoms with van der Waals surface area (Å²) < 4.78 is 45.1. The van der Waals surface area contributed by atoms with E-state index >= 15 is 0 Å². The molecule has 8 nitrogen and oxygen atoms in total. The summed E-state index contributed by atoms with van der Waals surface area (Å²) in [6, 6.07) is 3.54. The van der Waals surface area contributed by atoms with Crippen molar-refractivity contribution in [1.29, 1.82) is 0 Å². The Bertz CT molecular complexity index is 1010. The van der Waals surface area contributed by atoms with Crippen LogP contribution < -0.4 is 26.4 Å². The first-order valence-corrected chi connectivity index (χ1v) is 10.5. The second kappa shape index (κ2) is 8.81. The molecule has 1 aliphatic carbocycles. The van der Waals surface area contributed by atoms with Crippen LogP contribution in [0.2, 0.25) is 0 Å². The lowest BCUT2D eigenvalue weighted by atomic mass is 9.91. The Morgan fingerprint density at radius 3 is 2.72 bits per heavy atom. The third kappa shape index (κ3) is 4.57. The molecular weight excluding hydrogens is 425 g/mol. The van der Waals surface area contributed by atoms with Crippen molar-refractivity contribution in [2.75, 3.05) is 24.3 Å². The Hall–Kier alpha value is -3.08. The maximum Gasteiger partial charge on any atom is 0.420 e. The molecule has 4 rings (SSSR count). The maximum atomic E-state index is 13.4. The third-order valence-corrected chi connectivity index (χ3v) is 5.76. The highest BCUT2D eigenvalue weighted by Gasteiger charge is 2.35. The van der Waals surface area contributed by atoms with Crippen LogP contribution in [0.15, 0.2) is 18.2 Å². The lowest BCUT2D eigenvalue weighted by Gasteiger charge is -2.30. The van der Waals surface area contributed by atoms with E-state index in [1.807, 2.05) is 0 Å². The van der Waals surface area contributed by atoms with Crippen LogP contribution in [0, 0.1) is 0 Å². The second-order valence-corrected chi connectivity index (χ2v) is 7.96. The Kier molecular flexibility index (Phi) is 6.09. The molecule has 11 heteroatoms. The molecule has 1 amide bonds. The van der Waals surface area contributed by atoms with Gasteiger partial charge in [0.15, 0.2) is 0 Å². The first-order valence-electron chi connectivity index (χ1n) is 10.5. The number of hydrogen-bond acceptors (Lipinski definition) is 7. The van der Waals surface area contributed by atoms with E-state index in [-0.39, 0.29) is 40.8 Å². The number of amides is 1. The highest BCUT2D eigenvalue weighted by molar-refractivity contribution is 6.01. The van der Waals surface area contributed by atoms with E-state index in [1.165, 1.54) is 19.2 Å². The van der Waals surface area contributed by atoms with Crippen molar-refractivity contribution >= 4 is 23.4 Å². The van der Waals surface area contributed by atoms with E-state index < -0.39 is 11.7 Å². The molecule has 1 saturated carbocycles. The van der Waals surface area contributed by atoms with Gasteiger partial charge in [0.2, 0.25) is 5.95 Å². The van der Waals surface area contributed by atoms with Gasteiger partial charge in [-0.25, -0.2) is 4.98 Å². The van der Waals surface area contributed by atoms with Crippen LogP contribution in [0.1, 0.15) is 47.3 Å². The van der Waals surface area contributed by atoms with Gasteiger partial charge in [0.1, 0.15) is 17.1 Å². The standard InChI is InChI=1S/C21H25F3N6O2/c1-32-16-7-6-11(10-12(16)21(22,23)24)27-18-17-15(8-9-26-19(17)31)29-20(30-18)28-14-5-3-2-4-13(14)25/h6-7,10,13-14H,2-5,8-9,25H2,1H3,(H,26,31)(H2,27,28,29,30). The van der Waals surface area contributed by atoms with Gasteiger partial charge in [0, 0.05) is 30.7 Å². The molecule has 1 fully saturated rings. The minimum Gasteiger partial charge on any atom is -0.496 e. The van der Waals surface area contributed by atoms with E-state index in [1.54, 1.807) is 0 Å². The zero-order valence-electron chi connectivity index (χ0n) is 17.6. The van der Waals surface area contributed by atoms with Gasteiger partial charge in [-0.15, -0.1) is 0 Å². The number of nitrogens with zero attached hydrogens (tertiary/aromatic N) is 2. The molecule has 2 unspecified atom stereocenters. The molecule has 2 heterocycles. The van der Waals surface area contributed by atoms with Gasteiger partial charge in [0.25, 0.3) is 5.91 Å². The van der Waals surface area contributed by atoms with E-state index in [9.17, 15) is 18.0 Å². The number of nitrogens with one attached hydrogen (secondary N) is 3. The first kappa shape index (κ1) is 22.1. The van der Waals surface area contributed by atoms with Crippen molar-refractivity contribution in [2.24, 2.45) is 5.73 Å². The molecule has 1 aromatic heterocycles. The lowest BCUT2D eigenvalue weighted by Crippen LogP contribution is -2.43. The lowest BCUT2D eigenvalue weighted by molar-refractivity contribution is -0.138. The average molecular weight is 450 g/mol. The fraction of sp³-hybridized carbons (Fsp3) is 0.476. The normalized spacial score (nSPS) is 20.8. The predicted molar refractivity (Wildman–Crippen MR) is 113 cm³/mol. The van der Waals surface area contributed by atoms with Gasteiger partial charge >= 0.3 is 6.18 Å². The number of alkyl halides is 3. The monoisotopic (exact) mass is 450 g/mol. The van der Waals surface area contributed by atoms with Gasteiger partial charge in [0.05, 0.1) is 18.4 Å². The molecule has 2 aromatic rings. The number of methoxy groups -OCH3 is 1. The van der Waals surface area contributed by atoms with E-state index in [2.05, 4.69) is 25.9 Å². The number of nitrogens with two attached hydrogens (primary N) is 1. The van der Waals surface area contributed by atoms with E-state index in [4.69, 9.17) is 10.5 Å². The van der Waals surface area contributed by atoms with Crippen molar-refractivity contribution in [1.82, 2.24) is 15.3 Å². The van der Waals surface area contributed by atoms with Crippen molar-refractivity contribution < 1.29 is 22.7 Å². The molecule has 0 saturated heterocycles. The SMILES string of the molecule is COc1ccc(Nc2nc(NC3CCCCC3N)nc3c2C(=O)NCC3)cc1C(F)(F)F. The molecule has 0 bridgehead atoms. The van der Waals surface area contributed by atoms with E-state index in [0.29, 0.717) is 24.6 Å². The van der Waals surface area contributed by atoms with Crippen molar-refractivity contribution in [3.8, 4) is 5.75 Å². The Morgan fingerprint density at radius 2 is 2.00 bits per heavy atom. The summed E-state index contributed by atoms with van der Waals surface area (Å²) in [5.41, 5.74) is 6.16. The van der Waals surface area contributed by atoms with Gasteiger partial charge in [-0.2, -0.15) is 18.2 Å². The van der Waals surface area contributed by atoms with Crippen LogP contribution in [0.5, 0.6) is 5.75 Å². The summed E-state index contributed by atoms with van der Waals surface area (Å²) >= 11 is 0. The van der Waals surface area contributed by atoms with Crippen molar-refractivity contribution in [3.63, 3.8) is 0 Å². The number of halogens is 3. The zero-order chi connectivity index (χ0) is 22.9. The number of benzene rings is 1. The van der Waals surface area contributed by atoms with Crippen molar-refractivity contribution in [2.45, 2.75) is 50.4 Å². The molecule has 2 atom stereocenters. The highest BCUT2D eigenvalue weighted by Crippen LogP contribution is 2.38. The zero-order valence-corrected chi connectivity index (χ0v) is 17.6. The number of rotatable bonds is 5. The number of carbonyl (C=O) groups is 1. The van der Waals surface area contributed by atoms with Gasteiger partial charge in [-0.1, -0.05) is 12.8 Å². The van der Waals surface area contributed by atoms with Gasteiger partial charge in [-0.05, 0) is 31.0 Å². The summed E-state index contributed by atoms with van der Waals surface area (Å²) in [6.07, 6.45) is -0.248. The Labute approximate surface area is 183 Å². The topological polar surface area (TPSA) is 114 Å². The summed E-state index contributed by atoms with van der Waals surface area (Å²) in [6.45, 7) is 0.422. The van der Waals surface area contributed by atoms with Crippen LogP contribution in [-0.4, -0.2) is 41.6 Å². The molecule has 32 heavy (non-hydrogen) atoms. The summed E-state index contributed by atoms with van der Waals surface area (Å²) in [5.74, 6) is -0.233. The molecule has 5 N–H and O–H groups in total. The number of carbonyl (C=O) groups excluding carboxylic acids is 1. The summed E-state index contributed by atoms with van der Waals surface area (Å²) in [5, 5.41) is 8.86. The van der Waals surface area contributed by atoms with E-state index in [0.717, 1.165) is 31.7 Å². The van der Waals surface area contributed by atoms with Crippen molar-refractivity contribution in [3.05, 3.63) is 35.0 Å². The first-order chi connectivity index (χ1) is 15.3. The maximum absolute atomic E-state index is 13.4. The molecule has 2 aliphatic rings. The number of hydrogen-bond donors (Lipinski definition) is 4. The predicted octanol–water partition coefficient (Wildman–Crippen LogP) is 3.22. The average Bonchev–Trinajstić information content (AvgIpc) is 2.75. The minimum atomic E-state index is -4.60. The summed E-state index contributed by atoms with van der Waals surface area (Å²) in [4.78, 5) is 21.4. The number of fused-ring (bicyclic) bond motifs is 1. The molecule has 1 aliphatic heterocycles. The third-order valence-electron chi connectivity index (χ3n) is 5.76. The van der Waals surface area contributed by atoms with Gasteiger partial charge in [-0.3, -0.25) is 4.79 Å². The number of aromatic nitrogens is 2. The Morgan fingerprint density at radius 1 is 1.22 bits per heavy atom. The Balaban J connectivity index is 1.70. The van der Waals surface area contributed by atoms with Crippen LogP contribution in [0.4, 0.5) is 30.6 Å². The molecule has 1 aromatic carbocycles. The summed E-state index contributed by atoms with van der Waals surface area (Å²) in [7, 11) is 1.18. The minimum absolute atomic E-state index is 0.00937. The fourth-order valence-electron chi connectivity index (χ4n) is 4.11. The van der Waals surface area contributed by atoms with Gasteiger partial charge < -0.3 is 26.4 Å². The second-order valence-electron chi connectivity index (χ2n) is 7.96. The smallest absolute Gasteiger partial charge is 0.420 e. The largest absolute Gasteiger partial charge is 0.496 e. The molecule has 0 radical (unpaired) electrons. The van der Waals surface area contributed by atoms with Crippen LogP contribution in [0.25, 0.3) is 0 Å². The molecule has 172 valence electrons. The van der Waals surface area contributed by atoms with Crippen LogP contribution in [-0.2, 0) is 12.6 Å². The molecular formula is C21H25F3N6O2.